The second-order valence-electron chi connectivity index (χ2n) is 7.06. The van der Waals surface area contributed by atoms with Crippen LogP contribution in [-0.4, -0.2) is 40.7 Å². The number of aromatic nitrogens is 6. The first-order valence-electron chi connectivity index (χ1n) is 9.28. The Labute approximate surface area is 167 Å². The number of anilines is 1. The predicted molar refractivity (Wildman–Crippen MR) is 108 cm³/mol. The fourth-order valence-corrected chi connectivity index (χ4v) is 4.03. The Balaban J connectivity index is 1.54. The Morgan fingerprint density at radius 1 is 1.25 bits per heavy atom. The second kappa shape index (κ2) is 7.38. The maximum atomic E-state index is 12.8. The summed E-state index contributed by atoms with van der Waals surface area (Å²) in [6, 6.07) is 4.27. The van der Waals surface area contributed by atoms with Gasteiger partial charge in [0.1, 0.15) is 0 Å². The molecular formula is C19H23N7OS. The Hall–Kier alpha value is -2.68. The molecule has 28 heavy (non-hydrogen) atoms. The number of aryl methyl sites for hydroxylation is 2. The highest BCUT2D eigenvalue weighted by atomic mass is 32.2. The molecule has 1 amide bonds. The number of hydrogen-bond acceptors (Lipinski definition) is 6. The number of carbonyl (C=O) groups is 1. The Kier molecular flexibility index (Phi) is 4.92. The number of carbonyl (C=O) groups excluding carboxylic acids is 1. The maximum absolute atomic E-state index is 12.8. The molecule has 1 N–H and O–H groups in total. The van der Waals surface area contributed by atoms with Crippen molar-refractivity contribution in [2.75, 3.05) is 5.32 Å². The van der Waals surface area contributed by atoms with Crippen LogP contribution in [-0.2, 0) is 11.8 Å². The number of amides is 1. The molecule has 0 radical (unpaired) electrons. The van der Waals surface area contributed by atoms with E-state index in [9.17, 15) is 4.79 Å². The van der Waals surface area contributed by atoms with Crippen LogP contribution in [0, 0.1) is 13.8 Å². The molecule has 3 aromatic rings. The van der Waals surface area contributed by atoms with Crippen molar-refractivity contribution in [3.05, 3.63) is 35.9 Å². The quantitative estimate of drug-likeness (QED) is 0.643. The zero-order valence-electron chi connectivity index (χ0n) is 16.4. The Bertz CT molecular complexity index is 1010. The first kappa shape index (κ1) is 18.7. The Morgan fingerprint density at radius 2 is 1.96 bits per heavy atom. The fourth-order valence-electron chi connectivity index (χ4n) is 3.11. The van der Waals surface area contributed by atoms with Crippen LogP contribution >= 0.6 is 11.8 Å². The first-order valence-corrected chi connectivity index (χ1v) is 10.2. The van der Waals surface area contributed by atoms with Gasteiger partial charge >= 0.3 is 0 Å². The van der Waals surface area contributed by atoms with Crippen LogP contribution in [0.2, 0.25) is 0 Å². The lowest BCUT2D eigenvalue weighted by Crippen LogP contribution is -2.23. The van der Waals surface area contributed by atoms with E-state index in [1.54, 1.807) is 17.1 Å². The van der Waals surface area contributed by atoms with Crippen molar-refractivity contribution in [3.63, 3.8) is 0 Å². The van der Waals surface area contributed by atoms with Crippen LogP contribution in [0.1, 0.15) is 37.2 Å². The number of pyridine rings is 1. The molecule has 9 heteroatoms. The van der Waals surface area contributed by atoms with Gasteiger partial charge in [-0.2, -0.15) is 5.10 Å². The minimum Gasteiger partial charge on any atom is -0.322 e. The lowest BCUT2D eigenvalue weighted by molar-refractivity contribution is -0.115. The molecule has 0 spiro atoms. The van der Waals surface area contributed by atoms with Gasteiger partial charge in [-0.1, -0.05) is 11.8 Å². The molecule has 146 valence electrons. The highest BCUT2D eigenvalue weighted by Gasteiger charge is 2.31. The van der Waals surface area contributed by atoms with E-state index in [1.165, 1.54) is 11.8 Å². The minimum atomic E-state index is -0.314. The Morgan fingerprint density at radius 3 is 2.57 bits per heavy atom. The average Bonchev–Trinajstić information content (AvgIpc) is 3.40. The van der Waals surface area contributed by atoms with Crippen molar-refractivity contribution in [2.24, 2.45) is 7.05 Å². The molecule has 3 heterocycles. The van der Waals surface area contributed by atoms with E-state index >= 15 is 0 Å². The number of thioether (sulfide) groups is 1. The molecular weight excluding hydrogens is 374 g/mol. The van der Waals surface area contributed by atoms with Gasteiger partial charge in [0.15, 0.2) is 11.0 Å². The van der Waals surface area contributed by atoms with Crippen LogP contribution in [0.5, 0.6) is 0 Å². The highest BCUT2D eigenvalue weighted by Crippen LogP contribution is 2.41. The molecule has 1 aliphatic carbocycles. The molecule has 1 unspecified atom stereocenters. The van der Waals surface area contributed by atoms with Crippen molar-refractivity contribution < 1.29 is 4.79 Å². The minimum absolute atomic E-state index is 0.0694. The summed E-state index contributed by atoms with van der Waals surface area (Å²) in [7, 11) is 1.87. The normalized spacial score (nSPS) is 14.9. The van der Waals surface area contributed by atoms with E-state index in [0.717, 1.165) is 46.5 Å². The molecule has 4 rings (SSSR count). The summed E-state index contributed by atoms with van der Waals surface area (Å²) in [6.45, 7) is 5.72. The zero-order valence-corrected chi connectivity index (χ0v) is 17.2. The van der Waals surface area contributed by atoms with Crippen molar-refractivity contribution in [2.45, 2.75) is 50.1 Å². The van der Waals surface area contributed by atoms with Crippen LogP contribution in [0.25, 0.3) is 11.4 Å². The van der Waals surface area contributed by atoms with E-state index in [1.807, 2.05) is 40.0 Å². The van der Waals surface area contributed by atoms with Crippen LogP contribution in [0.15, 0.2) is 29.7 Å². The van der Waals surface area contributed by atoms with Crippen LogP contribution < -0.4 is 5.32 Å². The van der Waals surface area contributed by atoms with Crippen molar-refractivity contribution >= 4 is 23.4 Å². The van der Waals surface area contributed by atoms with E-state index in [0.29, 0.717) is 6.04 Å². The van der Waals surface area contributed by atoms with Crippen LogP contribution in [0.4, 0.5) is 5.69 Å². The third kappa shape index (κ3) is 3.54. The smallest absolute Gasteiger partial charge is 0.237 e. The zero-order chi connectivity index (χ0) is 19.8. The molecule has 1 fully saturated rings. The molecule has 1 atom stereocenters. The molecule has 0 bridgehead atoms. The largest absolute Gasteiger partial charge is 0.322 e. The van der Waals surface area contributed by atoms with Crippen molar-refractivity contribution in [1.82, 2.24) is 29.5 Å². The summed E-state index contributed by atoms with van der Waals surface area (Å²) < 4.78 is 3.93. The summed E-state index contributed by atoms with van der Waals surface area (Å²) in [5, 5.41) is 16.6. The molecule has 1 aliphatic rings. The number of nitrogens with one attached hydrogen (secondary N) is 1. The van der Waals surface area contributed by atoms with Gasteiger partial charge < -0.3 is 5.32 Å². The van der Waals surface area contributed by atoms with E-state index in [-0.39, 0.29) is 11.2 Å². The predicted octanol–water partition coefficient (Wildman–Crippen LogP) is 3.14. The molecule has 0 aliphatic heterocycles. The standard InChI is InChI=1S/C19H23N7OS/c1-11-16(12(2)25(4)24-11)21-18(27)13(3)28-19-23-22-17(26(19)15-5-6-15)14-7-9-20-10-8-14/h7-10,13,15H,5-6H2,1-4H3,(H,21,27). The summed E-state index contributed by atoms with van der Waals surface area (Å²) >= 11 is 1.43. The molecule has 0 saturated heterocycles. The monoisotopic (exact) mass is 397 g/mol. The summed E-state index contributed by atoms with van der Waals surface area (Å²) in [6.07, 6.45) is 5.72. The van der Waals surface area contributed by atoms with E-state index < -0.39 is 0 Å². The summed E-state index contributed by atoms with van der Waals surface area (Å²) in [5.74, 6) is 0.763. The molecule has 1 saturated carbocycles. The highest BCUT2D eigenvalue weighted by molar-refractivity contribution is 8.00. The molecule has 8 nitrogen and oxygen atoms in total. The topological polar surface area (TPSA) is 90.5 Å². The van der Waals surface area contributed by atoms with E-state index in [2.05, 4.69) is 30.2 Å². The summed E-state index contributed by atoms with van der Waals surface area (Å²) in [5.41, 5.74) is 3.51. The third-order valence-electron chi connectivity index (χ3n) is 4.92. The van der Waals surface area contributed by atoms with Gasteiger partial charge in [0, 0.05) is 31.0 Å². The lowest BCUT2D eigenvalue weighted by Gasteiger charge is -2.13. The number of rotatable bonds is 6. The molecule has 0 aromatic carbocycles. The van der Waals surface area contributed by atoms with Crippen LogP contribution in [0.3, 0.4) is 0 Å². The SMILES string of the molecule is Cc1nn(C)c(C)c1NC(=O)C(C)Sc1nnc(-c2ccncc2)n1C1CC1. The van der Waals surface area contributed by atoms with Gasteiger partial charge in [-0.3, -0.25) is 19.0 Å². The number of nitrogens with zero attached hydrogens (tertiary/aromatic N) is 6. The van der Waals surface area contributed by atoms with E-state index in [4.69, 9.17) is 0 Å². The van der Waals surface area contributed by atoms with Gasteiger partial charge in [-0.05, 0) is 45.7 Å². The van der Waals surface area contributed by atoms with Gasteiger partial charge in [0.2, 0.25) is 5.91 Å². The first-order chi connectivity index (χ1) is 13.5. The fraction of sp³-hybridized carbons (Fsp3) is 0.421. The van der Waals surface area contributed by atoms with Gasteiger partial charge in [-0.25, -0.2) is 0 Å². The van der Waals surface area contributed by atoms with Gasteiger partial charge in [-0.15, -0.1) is 10.2 Å². The van der Waals surface area contributed by atoms with Gasteiger partial charge in [0.25, 0.3) is 0 Å². The third-order valence-corrected chi connectivity index (χ3v) is 5.98. The molecule has 3 aromatic heterocycles. The van der Waals surface area contributed by atoms with Crippen molar-refractivity contribution in [3.8, 4) is 11.4 Å². The second-order valence-corrected chi connectivity index (χ2v) is 8.37. The lowest BCUT2D eigenvalue weighted by atomic mass is 10.2. The number of hydrogen-bond donors (Lipinski definition) is 1. The average molecular weight is 398 g/mol. The van der Waals surface area contributed by atoms with Gasteiger partial charge in [0.05, 0.1) is 22.3 Å². The summed E-state index contributed by atoms with van der Waals surface area (Å²) in [4.78, 5) is 16.8. The maximum Gasteiger partial charge on any atom is 0.237 e. The van der Waals surface area contributed by atoms with Crippen molar-refractivity contribution in [1.29, 1.82) is 0 Å².